The summed E-state index contributed by atoms with van der Waals surface area (Å²) in [7, 11) is 0. The van der Waals surface area contributed by atoms with E-state index in [2.05, 4.69) is 0 Å². The van der Waals surface area contributed by atoms with Gasteiger partial charge in [-0.1, -0.05) is 13.8 Å². The Hall–Kier alpha value is -0.328. The Balaban J connectivity index is 0. The second-order valence-corrected chi connectivity index (χ2v) is 4.37. The average Bonchev–Trinajstić information content (AvgIpc) is 2.00. The average molecular weight is 230 g/mol. The van der Waals surface area contributed by atoms with Gasteiger partial charge in [-0.05, 0) is 33.6 Å². The van der Waals surface area contributed by atoms with Gasteiger partial charge in [0.1, 0.15) is 11.2 Å². The van der Waals surface area contributed by atoms with Crippen LogP contribution in [0.2, 0.25) is 0 Å². The molecule has 0 saturated carbocycles. The first kappa shape index (κ1) is 17.1. The standard InChI is InChI=1S/C11H20O3.Al.3H/c1-7(2)11(6,9(5)12)10(13)14-8(3)4;;;;/h7-8H,1-6H3;;;;. The molecule has 3 nitrogen and oxygen atoms in total. The monoisotopic (exact) mass is 230 g/mol. The van der Waals surface area contributed by atoms with Crippen molar-refractivity contribution in [3.63, 3.8) is 0 Å². The van der Waals surface area contributed by atoms with E-state index in [1.54, 1.807) is 20.8 Å². The fourth-order valence-electron chi connectivity index (χ4n) is 1.12. The lowest BCUT2D eigenvalue weighted by molar-refractivity contribution is -0.165. The molecule has 0 fully saturated rings. The number of hydrogen-bond donors (Lipinski definition) is 0. The van der Waals surface area contributed by atoms with Gasteiger partial charge in [0.2, 0.25) is 0 Å². The molecule has 1 atom stereocenters. The topological polar surface area (TPSA) is 43.4 Å². The van der Waals surface area contributed by atoms with E-state index in [4.69, 9.17) is 4.74 Å². The lowest BCUT2D eigenvalue weighted by Gasteiger charge is -2.29. The third kappa shape index (κ3) is 3.97. The van der Waals surface area contributed by atoms with E-state index in [0.717, 1.165) is 0 Å². The predicted molar refractivity (Wildman–Crippen MR) is 64.8 cm³/mol. The molecule has 0 spiro atoms. The highest BCUT2D eigenvalue weighted by Crippen LogP contribution is 2.30. The number of carbonyl (C=O) groups excluding carboxylic acids is 2. The molecule has 0 aliphatic heterocycles. The summed E-state index contributed by atoms with van der Waals surface area (Å²) >= 11 is 0. The van der Waals surface area contributed by atoms with Crippen LogP contribution in [0.3, 0.4) is 0 Å². The molecule has 0 heterocycles. The zero-order chi connectivity index (χ0) is 11.5. The van der Waals surface area contributed by atoms with E-state index in [9.17, 15) is 9.59 Å². The van der Waals surface area contributed by atoms with E-state index in [-0.39, 0.29) is 35.2 Å². The molecule has 0 bridgehead atoms. The summed E-state index contributed by atoms with van der Waals surface area (Å²) in [5.74, 6) is -0.612. The van der Waals surface area contributed by atoms with E-state index >= 15 is 0 Å². The summed E-state index contributed by atoms with van der Waals surface area (Å²) in [4.78, 5) is 23.1. The van der Waals surface area contributed by atoms with Gasteiger partial charge in [0.15, 0.2) is 17.4 Å². The lowest BCUT2D eigenvalue weighted by atomic mass is 9.76. The van der Waals surface area contributed by atoms with Crippen LogP contribution >= 0.6 is 0 Å². The molecule has 0 saturated heterocycles. The fraction of sp³-hybridized carbons (Fsp3) is 0.818. The minimum atomic E-state index is -1.01. The molecule has 0 amide bonds. The largest absolute Gasteiger partial charge is 0.462 e. The maximum absolute atomic E-state index is 11.7. The zero-order valence-corrected chi connectivity index (χ0v) is 9.88. The Morgan fingerprint density at radius 3 is 1.73 bits per heavy atom. The molecule has 0 aromatic rings. The van der Waals surface area contributed by atoms with Crippen LogP contribution in [0.5, 0.6) is 0 Å². The fourth-order valence-corrected chi connectivity index (χ4v) is 1.12. The van der Waals surface area contributed by atoms with Crippen LogP contribution in [0.15, 0.2) is 0 Å². The first-order chi connectivity index (χ1) is 6.22. The molecular weight excluding hydrogens is 207 g/mol. The van der Waals surface area contributed by atoms with Crippen LogP contribution in [0.1, 0.15) is 41.5 Å². The molecular formula is C11H23AlO3. The first-order valence-electron chi connectivity index (χ1n) is 4.95. The van der Waals surface area contributed by atoms with Gasteiger partial charge in [-0.15, -0.1) is 0 Å². The van der Waals surface area contributed by atoms with Crippen LogP contribution in [0, 0.1) is 11.3 Å². The summed E-state index contributed by atoms with van der Waals surface area (Å²) in [5.41, 5.74) is -1.01. The van der Waals surface area contributed by atoms with Gasteiger partial charge in [0.25, 0.3) is 0 Å². The Kier molecular flexibility index (Phi) is 7.17. The van der Waals surface area contributed by atoms with Crippen molar-refractivity contribution >= 4 is 29.1 Å². The van der Waals surface area contributed by atoms with Crippen LogP contribution < -0.4 is 0 Å². The summed E-state index contributed by atoms with van der Waals surface area (Å²) in [6, 6.07) is 0. The number of esters is 1. The van der Waals surface area contributed by atoms with Gasteiger partial charge in [0, 0.05) is 0 Å². The van der Waals surface area contributed by atoms with Crippen LogP contribution in [0.25, 0.3) is 0 Å². The van der Waals surface area contributed by atoms with Crippen molar-refractivity contribution in [1.82, 2.24) is 0 Å². The maximum Gasteiger partial charge on any atom is 0.319 e. The van der Waals surface area contributed by atoms with Gasteiger partial charge >= 0.3 is 5.97 Å². The normalized spacial score (nSPS) is 14.4. The van der Waals surface area contributed by atoms with Gasteiger partial charge in [-0.3, -0.25) is 9.59 Å². The van der Waals surface area contributed by atoms with Crippen molar-refractivity contribution in [3.05, 3.63) is 0 Å². The number of hydrogen-bond acceptors (Lipinski definition) is 3. The summed E-state index contributed by atoms with van der Waals surface area (Å²) in [5, 5.41) is 0. The quantitative estimate of drug-likeness (QED) is 0.411. The molecule has 1 unspecified atom stereocenters. The summed E-state index contributed by atoms with van der Waals surface area (Å²) < 4.78 is 5.08. The molecule has 88 valence electrons. The molecule has 15 heavy (non-hydrogen) atoms. The Morgan fingerprint density at radius 2 is 1.53 bits per heavy atom. The highest BCUT2D eigenvalue weighted by Gasteiger charge is 2.43. The molecule has 0 rings (SSSR count). The molecule has 0 aliphatic carbocycles. The van der Waals surface area contributed by atoms with Crippen molar-refractivity contribution < 1.29 is 14.3 Å². The van der Waals surface area contributed by atoms with Crippen molar-refractivity contribution in [1.29, 1.82) is 0 Å². The lowest BCUT2D eigenvalue weighted by Crippen LogP contribution is -2.42. The molecule has 0 N–H and O–H groups in total. The molecule has 0 aromatic heterocycles. The van der Waals surface area contributed by atoms with Crippen molar-refractivity contribution in [2.24, 2.45) is 11.3 Å². The van der Waals surface area contributed by atoms with Crippen LogP contribution in [0.4, 0.5) is 0 Å². The van der Waals surface area contributed by atoms with E-state index < -0.39 is 11.4 Å². The minimum Gasteiger partial charge on any atom is -0.462 e. The van der Waals surface area contributed by atoms with E-state index in [1.807, 2.05) is 13.8 Å². The Labute approximate surface area is 103 Å². The van der Waals surface area contributed by atoms with Crippen LogP contribution in [-0.2, 0) is 14.3 Å². The van der Waals surface area contributed by atoms with Gasteiger partial charge < -0.3 is 4.74 Å². The number of Topliss-reactive ketones (excluding diaryl/α,β-unsaturated/α-hetero) is 1. The Bertz CT molecular complexity index is 236. The molecule has 0 aliphatic rings. The van der Waals surface area contributed by atoms with Crippen molar-refractivity contribution in [2.45, 2.75) is 47.6 Å². The maximum atomic E-state index is 11.7. The smallest absolute Gasteiger partial charge is 0.319 e. The zero-order valence-electron chi connectivity index (χ0n) is 9.88. The van der Waals surface area contributed by atoms with Gasteiger partial charge in [0.05, 0.1) is 6.10 Å². The highest BCUT2D eigenvalue weighted by molar-refractivity contribution is 6.02. The first-order valence-corrected chi connectivity index (χ1v) is 4.95. The predicted octanol–water partition coefficient (Wildman–Crippen LogP) is 1.01. The van der Waals surface area contributed by atoms with E-state index in [0.29, 0.717) is 0 Å². The SMILES string of the molecule is CC(=O)C(C)(C(=O)OC(C)C)C(C)C.[AlH3]. The molecule has 4 heteroatoms. The van der Waals surface area contributed by atoms with Gasteiger partial charge in [-0.2, -0.15) is 0 Å². The van der Waals surface area contributed by atoms with Gasteiger partial charge in [-0.25, -0.2) is 0 Å². The molecule has 0 radical (unpaired) electrons. The number of carbonyl (C=O) groups is 2. The Morgan fingerprint density at radius 1 is 1.13 bits per heavy atom. The third-order valence-corrected chi connectivity index (χ3v) is 2.65. The summed E-state index contributed by atoms with van der Waals surface area (Å²) in [6.45, 7) is 10.3. The number of rotatable bonds is 4. The second-order valence-electron chi connectivity index (χ2n) is 4.37. The highest BCUT2D eigenvalue weighted by atomic mass is 27.0. The summed E-state index contributed by atoms with van der Waals surface area (Å²) in [6.07, 6.45) is -0.181. The van der Waals surface area contributed by atoms with Crippen LogP contribution in [-0.4, -0.2) is 35.2 Å². The van der Waals surface area contributed by atoms with Crippen molar-refractivity contribution in [2.75, 3.05) is 0 Å². The second kappa shape index (κ2) is 6.30. The number of ether oxygens (including phenoxy) is 1. The minimum absolute atomic E-state index is 0. The van der Waals surface area contributed by atoms with Crippen molar-refractivity contribution in [3.8, 4) is 0 Å². The third-order valence-electron chi connectivity index (χ3n) is 2.65. The van der Waals surface area contributed by atoms with E-state index in [1.165, 1.54) is 6.92 Å². The molecule has 0 aromatic carbocycles. The number of ketones is 1.